The van der Waals surface area contributed by atoms with Gasteiger partial charge in [-0.05, 0) is 54.9 Å². The summed E-state index contributed by atoms with van der Waals surface area (Å²) < 4.78 is 6.90. The molecule has 4 heteroatoms. The quantitative estimate of drug-likeness (QED) is 0.923. The zero-order valence-electron chi connectivity index (χ0n) is 9.92. The van der Waals surface area contributed by atoms with Gasteiger partial charge in [0.05, 0.1) is 16.5 Å². The average Bonchev–Trinajstić information content (AvgIpc) is 2.77. The maximum absolute atomic E-state index is 5.66. The van der Waals surface area contributed by atoms with Crippen LogP contribution in [0.4, 0.5) is 0 Å². The molecule has 0 aliphatic carbocycles. The molecule has 1 aromatic heterocycles. The van der Waals surface area contributed by atoms with Crippen molar-refractivity contribution >= 4 is 27.3 Å². The van der Waals surface area contributed by atoms with Gasteiger partial charge in [-0.25, -0.2) is 0 Å². The third-order valence-corrected chi connectivity index (χ3v) is 5.41. The number of ether oxygens (including phenoxy) is 1. The van der Waals surface area contributed by atoms with Gasteiger partial charge in [0.1, 0.15) is 0 Å². The molecule has 1 aliphatic heterocycles. The van der Waals surface area contributed by atoms with Crippen LogP contribution >= 0.6 is 27.3 Å². The van der Waals surface area contributed by atoms with E-state index in [0.717, 1.165) is 13.0 Å². The van der Waals surface area contributed by atoms with Crippen LogP contribution in [0.5, 0.6) is 0 Å². The Morgan fingerprint density at radius 2 is 2.38 bits per heavy atom. The van der Waals surface area contributed by atoms with Crippen molar-refractivity contribution in [3.8, 4) is 0 Å². The lowest BCUT2D eigenvalue weighted by Gasteiger charge is -2.20. The minimum Gasteiger partial charge on any atom is -0.378 e. The molecule has 3 atom stereocenters. The lowest BCUT2D eigenvalue weighted by atomic mass is 9.95. The number of halogens is 1. The lowest BCUT2D eigenvalue weighted by molar-refractivity contribution is 0.117. The Morgan fingerprint density at radius 1 is 1.62 bits per heavy atom. The largest absolute Gasteiger partial charge is 0.378 e. The first-order chi connectivity index (χ1) is 7.61. The topological polar surface area (TPSA) is 21.3 Å². The highest BCUT2D eigenvalue weighted by atomic mass is 79.9. The van der Waals surface area contributed by atoms with Crippen LogP contribution in [0.1, 0.15) is 29.8 Å². The predicted molar refractivity (Wildman–Crippen MR) is 72.1 cm³/mol. The van der Waals surface area contributed by atoms with E-state index in [0.29, 0.717) is 18.1 Å². The van der Waals surface area contributed by atoms with E-state index >= 15 is 0 Å². The van der Waals surface area contributed by atoms with Gasteiger partial charge in [-0.1, -0.05) is 0 Å². The molecule has 0 radical (unpaired) electrons. The van der Waals surface area contributed by atoms with Crippen molar-refractivity contribution in [1.29, 1.82) is 0 Å². The standard InChI is InChI=1S/C12H18BrNOS/c1-7-4-10(16-12(7)13)11(14-3)9-5-8(2)15-6-9/h4,8-9,11,14H,5-6H2,1-3H3. The summed E-state index contributed by atoms with van der Waals surface area (Å²) in [6.07, 6.45) is 1.56. The summed E-state index contributed by atoms with van der Waals surface area (Å²) in [4.78, 5) is 1.41. The minimum absolute atomic E-state index is 0.408. The van der Waals surface area contributed by atoms with Crippen LogP contribution < -0.4 is 5.32 Å². The second kappa shape index (κ2) is 5.17. The molecule has 2 nitrogen and oxygen atoms in total. The third-order valence-electron chi connectivity index (χ3n) is 3.19. The zero-order valence-corrected chi connectivity index (χ0v) is 12.3. The smallest absolute Gasteiger partial charge is 0.0731 e. The number of hydrogen-bond acceptors (Lipinski definition) is 3. The lowest BCUT2D eigenvalue weighted by Crippen LogP contribution is -2.24. The van der Waals surface area contributed by atoms with Gasteiger partial charge in [0.15, 0.2) is 0 Å². The van der Waals surface area contributed by atoms with Crippen LogP contribution in [0.25, 0.3) is 0 Å². The van der Waals surface area contributed by atoms with Crippen molar-refractivity contribution in [2.24, 2.45) is 5.92 Å². The number of thiophene rings is 1. The van der Waals surface area contributed by atoms with Gasteiger partial charge < -0.3 is 10.1 Å². The van der Waals surface area contributed by atoms with E-state index in [4.69, 9.17) is 4.74 Å². The second-order valence-corrected chi connectivity index (χ2v) is 6.91. The molecule has 0 amide bonds. The molecule has 3 unspecified atom stereocenters. The number of rotatable bonds is 3. The summed E-state index contributed by atoms with van der Waals surface area (Å²) in [5, 5.41) is 3.43. The number of aryl methyl sites for hydroxylation is 1. The third kappa shape index (κ3) is 2.50. The Bertz CT molecular complexity index is 346. The van der Waals surface area contributed by atoms with Crippen LogP contribution in [-0.4, -0.2) is 19.8 Å². The molecule has 16 heavy (non-hydrogen) atoms. The highest BCUT2D eigenvalue weighted by molar-refractivity contribution is 9.11. The Morgan fingerprint density at radius 3 is 2.81 bits per heavy atom. The molecule has 0 aromatic carbocycles. The van der Waals surface area contributed by atoms with E-state index in [2.05, 4.69) is 41.2 Å². The monoisotopic (exact) mass is 303 g/mol. The summed E-state index contributed by atoms with van der Waals surface area (Å²) in [5.74, 6) is 0.602. The molecule has 0 spiro atoms. The fourth-order valence-corrected chi connectivity index (χ4v) is 4.10. The molecule has 1 aromatic rings. The molecule has 90 valence electrons. The van der Waals surface area contributed by atoms with E-state index < -0.39 is 0 Å². The van der Waals surface area contributed by atoms with Gasteiger partial charge in [0.2, 0.25) is 0 Å². The molecular weight excluding hydrogens is 286 g/mol. The Balaban J connectivity index is 2.16. The van der Waals surface area contributed by atoms with Crippen LogP contribution in [0.15, 0.2) is 9.85 Å². The van der Waals surface area contributed by atoms with Gasteiger partial charge in [-0.3, -0.25) is 0 Å². The van der Waals surface area contributed by atoms with Crippen LogP contribution in [0, 0.1) is 12.8 Å². The fourth-order valence-electron chi connectivity index (χ4n) is 2.33. The molecular formula is C12H18BrNOS. The maximum Gasteiger partial charge on any atom is 0.0731 e. The van der Waals surface area contributed by atoms with Crippen molar-refractivity contribution in [2.45, 2.75) is 32.4 Å². The highest BCUT2D eigenvalue weighted by Crippen LogP contribution is 2.37. The summed E-state index contributed by atoms with van der Waals surface area (Å²) in [5.41, 5.74) is 1.33. The molecule has 1 aliphatic rings. The molecule has 1 N–H and O–H groups in total. The Hall–Kier alpha value is 0.1000. The number of hydrogen-bond donors (Lipinski definition) is 1. The SMILES string of the molecule is CNC(c1cc(C)c(Br)s1)C1COC(C)C1. The van der Waals surface area contributed by atoms with Gasteiger partial charge in [-0.2, -0.15) is 0 Å². The summed E-state index contributed by atoms with van der Waals surface area (Å²) in [6.45, 7) is 5.17. The molecule has 2 rings (SSSR count). The van der Waals surface area contributed by atoms with Crippen LogP contribution in [0.3, 0.4) is 0 Å². The minimum atomic E-state index is 0.408. The van der Waals surface area contributed by atoms with Crippen molar-refractivity contribution in [2.75, 3.05) is 13.7 Å². The Labute approximate surface area is 110 Å². The van der Waals surface area contributed by atoms with Gasteiger partial charge >= 0.3 is 0 Å². The maximum atomic E-state index is 5.66. The van der Waals surface area contributed by atoms with Crippen molar-refractivity contribution in [1.82, 2.24) is 5.32 Å². The first-order valence-electron chi connectivity index (χ1n) is 5.66. The van der Waals surface area contributed by atoms with Crippen LogP contribution in [-0.2, 0) is 4.74 Å². The molecule has 0 saturated carbocycles. The summed E-state index contributed by atoms with van der Waals surface area (Å²) in [7, 11) is 2.04. The van der Waals surface area contributed by atoms with Gasteiger partial charge in [0.25, 0.3) is 0 Å². The van der Waals surface area contributed by atoms with Gasteiger partial charge in [0, 0.05) is 16.8 Å². The highest BCUT2D eigenvalue weighted by Gasteiger charge is 2.30. The van der Waals surface area contributed by atoms with Crippen LogP contribution in [0.2, 0.25) is 0 Å². The van der Waals surface area contributed by atoms with E-state index in [1.807, 2.05) is 18.4 Å². The average molecular weight is 304 g/mol. The van der Waals surface area contributed by atoms with Crippen molar-refractivity contribution in [3.63, 3.8) is 0 Å². The van der Waals surface area contributed by atoms with Crippen molar-refractivity contribution < 1.29 is 4.74 Å². The second-order valence-electron chi connectivity index (χ2n) is 4.51. The van der Waals surface area contributed by atoms with E-state index in [-0.39, 0.29) is 0 Å². The first-order valence-corrected chi connectivity index (χ1v) is 7.27. The molecule has 1 saturated heterocycles. The van der Waals surface area contributed by atoms with E-state index in [1.165, 1.54) is 14.2 Å². The Kier molecular flexibility index (Phi) is 4.06. The summed E-state index contributed by atoms with van der Waals surface area (Å²) in [6, 6.07) is 2.71. The zero-order chi connectivity index (χ0) is 11.7. The summed E-state index contributed by atoms with van der Waals surface area (Å²) >= 11 is 5.43. The van der Waals surface area contributed by atoms with Gasteiger partial charge in [-0.15, -0.1) is 11.3 Å². The van der Waals surface area contributed by atoms with E-state index in [9.17, 15) is 0 Å². The molecule has 1 fully saturated rings. The normalized spacial score (nSPS) is 27.2. The molecule has 0 bridgehead atoms. The number of nitrogens with one attached hydrogen (secondary N) is 1. The van der Waals surface area contributed by atoms with Crippen molar-refractivity contribution in [3.05, 3.63) is 20.3 Å². The van der Waals surface area contributed by atoms with E-state index in [1.54, 1.807) is 0 Å². The first kappa shape index (κ1) is 12.6. The predicted octanol–water partition coefficient (Wildman–Crippen LogP) is 3.50. The fraction of sp³-hybridized carbons (Fsp3) is 0.667. The molecule has 2 heterocycles.